The smallest absolute Gasteiger partial charge is 0.240 e. The van der Waals surface area contributed by atoms with Crippen LogP contribution in [0.1, 0.15) is 18.4 Å². The van der Waals surface area contributed by atoms with Gasteiger partial charge in [0.25, 0.3) is 0 Å². The van der Waals surface area contributed by atoms with Crippen molar-refractivity contribution in [2.45, 2.75) is 24.7 Å². The molecule has 1 heterocycles. The Balaban J connectivity index is 2.26. The Morgan fingerprint density at radius 1 is 1.35 bits per heavy atom. The van der Waals surface area contributed by atoms with E-state index in [2.05, 4.69) is 10.0 Å². The van der Waals surface area contributed by atoms with Gasteiger partial charge in [0, 0.05) is 25.4 Å². The number of nitrogens with two attached hydrogens (primary N) is 1. The van der Waals surface area contributed by atoms with E-state index in [1.807, 2.05) is 0 Å². The van der Waals surface area contributed by atoms with E-state index < -0.39 is 15.4 Å². The number of benzene rings is 1. The third-order valence-electron chi connectivity index (χ3n) is 4.33. The van der Waals surface area contributed by atoms with E-state index in [4.69, 9.17) is 10.5 Å². The summed E-state index contributed by atoms with van der Waals surface area (Å²) >= 11 is 0. The van der Waals surface area contributed by atoms with Crippen molar-refractivity contribution in [3.8, 4) is 0 Å². The SMILES string of the molecule is CNS(=O)(=O)c1cc(NC(=O)C2(CN)CCOCC2)ccc1C. The minimum absolute atomic E-state index is 0.145. The summed E-state index contributed by atoms with van der Waals surface area (Å²) in [5.74, 6) is -0.194. The van der Waals surface area contributed by atoms with Crippen LogP contribution in [0.2, 0.25) is 0 Å². The highest BCUT2D eigenvalue weighted by Gasteiger charge is 2.38. The first kappa shape index (κ1) is 17.9. The lowest BCUT2D eigenvalue weighted by molar-refractivity contribution is -0.130. The van der Waals surface area contributed by atoms with E-state index in [0.717, 1.165) is 0 Å². The molecule has 0 atom stereocenters. The second-order valence-corrected chi connectivity index (χ2v) is 7.59. The Morgan fingerprint density at radius 3 is 2.57 bits per heavy atom. The first-order valence-electron chi connectivity index (χ1n) is 7.48. The second kappa shape index (κ2) is 6.96. The van der Waals surface area contributed by atoms with Crippen molar-refractivity contribution in [1.82, 2.24) is 4.72 Å². The molecular formula is C15H23N3O4S. The van der Waals surface area contributed by atoms with Crippen molar-refractivity contribution in [2.75, 3.05) is 32.1 Å². The fourth-order valence-corrected chi connectivity index (χ4v) is 3.62. The van der Waals surface area contributed by atoms with E-state index in [-0.39, 0.29) is 17.3 Å². The third-order valence-corrected chi connectivity index (χ3v) is 5.88. The molecule has 8 heteroatoms. The van der Waals surface area contributed by atoms with Crippen molar-refractivity contribution in [2.24, 2.45) is 11.1 Å². The lowest BCUT2D eigenvalue weighted by atomic mass is 9.79. The van der Waals surface area contributed by atoms with Crippen LogP contribution in [0.4, 0.5) is 5.69 Å². The van der Waals surface area contributed by atoms with Gasteiger partial charge in [0.2, 0.25) is 15.9 Å². The summed E-state index contributed by atoms with van der Waals surface area (Å²) < 4.78 is 31.6. The van der Waals surface area contributed by atoms with Gasteiger partial charge in [-0.2, -0.15) is 0 Å². The number of hydrogen-bond acceptors (Lipinski definition) is 5. The molecule has 0 aliphatic carbocycles. The zero-order valence-corrected chi connectivity index (χ0v) is 14.2. The van der Waals surface area contributed by atoms with Crippen LogP contribution in [0.3, 0.4) is 0 Å². The van der Waals surface area contributed by atoms with E-state index in [9.17, 15) is 13.2 Å². The van der Waals surface area contributed by atoms with Gasteiger partial charge in [-0.1, -0.05) is 6.07 Å². The lowest BCUT2D eigenvalue weighted by Gasteiger charge is -2.34. The van der Waals surface area contributed by atoms with Gasteiger partial charge in [-0.05, 0) is 44.5 Å². The molecular weight excluding hydrogens is 318 g/mol. The number of anilines is 1. The molecule has 1 fully saturated rings. The molecule has 1 aromatic carbocycles. The molecule has 0 spiro atoms. The van der Waals surface area contributed by atoms with Gasteiger partial charge < -0.3 is 15.8 Å². The van der Waals surface area contributed by atoms with Crippen molar-refractivity contribution >= 4 is 21.6 Å². The maximum Gasteiger partial charge on any atom is 0.240 e. The van der Waals surface area contributed by atoms with Crippen LogP contribution in [-0.4, -0.2) is 41.1 Å². The number of amides is 1. The van der Waals surface area contributed by atoms with Crippen LogP contribution in [-0.2, 0) is 19.6 Å². The van der Waals surface area contributed by atoms with E-state index in [1.54, 1.807) is 19.1 Å². The molecule has 7 nitrogen and oxygen atoms in total. The largest absolute Gasteiger partial charge is 0.381 e. The maximum absolute atomic E-state index is 12.6. The van der Waals surface area contributed by atoms with Crippen LogP contribution in [0.5, 0.6) is 0 Å². The molecule has 0 unspecified atom stereocenters. The summed E-state index contributed by atoms with van der Waals surface area (Å²) in [4.78, 5) is 12.8. The molecule has 1 aliphatic rings. The summed E-state index contributed by atoms with van der Waals surface area (Å²) in [5, 5.41) is 2.80. The summed E-state index contributed by atoms with van der Waals surface area (Å²) in [5.41, 5.74) is 6.20. The number of carbonyl (C=O) groups is 1. The highest BCUT2D eigenvalue weighted by Crippen LogP contribution is 2.31. The fourth-order valence-electron chi connectivity index (χ4n) is 2.63. The van der Waals surface area contributed by atoms with Crippen molar-refractivity contribution in [1.29, 1.82) is 0 Å². The van der Waals surface area contributed by atoms with Crippen LogP contribution in [0.25, 0.3) is 0 Å². The standard InChI is InChI=1S/C15H23N3O4S/c1-11-3-4-12(9-13(11)23(20,21)17-2)18-14(19)15(10-16)5-7-22-8-6-15/h3-4,9,17H,5-8,10,16H2,1-2H3,(H,18,19). The average molecular weight is 341 g/mol. The average Bonchev–Trinajstić information content (AvgIpc) is 2.57. The molecule has 0 saturated carbocycles. The molecule has 0 aromatic heterocycles. The fraction of sp³-hybridized carbons (Fsp3) is 0.533. The maximum atomic E-state index is 12.6. The quantitative estimate of drug-likeness (QED) is 0.726. The van der Waals surface area contributed by atoms with Crippen molar-refractivity contribution in [3.63, 3.8) is 0 Å². The number of aryl methyl sites for hydroxylation is 1. The molecule has 1 saturated heterocycles. The van der Waals surface area contributed by atoms with E-state index in [0.29, 0.717) is 37.3 Å². The molecule has 1 amide bonds. The molecule has 23 heavy (non-hydrogen) atoms. The minimum Gasteiger partial charge on any atom is -0.381 e. The summed E-state index contributed by atoms with van der Waals surface area (Å²) in [7, 11) is -2.23. The van der Waals surface area contributed by atoms with Gasteiger partial charge in [0.15, 0.2) is 0 Å². The zero-order valence-electron chi connectivity index (χ0n) is 13.4. The monoisotopic (exact) mass is 341 g/mol. The van der Waals surface area contributed by atoms with Gasteiger partial charge in [-0.3, -0.25) is 4.79 Å². The first-order valence-corrected chi connectivity index (χ1v) is 8.96. The normalized spacial score (nSPS) is 17.7. The van der Waals surface area contributed by atoms with Gasteiger partial charge >= 0.3 is 0 Å². The molecule has 4 N–H and O–H groups in total. The van der Waals surface area contributed by atoms with E-state index >= 15 is 0 Å². The first-order chi connectivity index (χ1) is 10.8. The predicted molar refractivity (Wildman–Crippen MR) is 87.6 cm³/mol. The summed E-state index contributed by atoms with van der Waals surface area (Å²) in [6.45, 7) is 2.93. The Morgan fingerprint density at radius 2 is 2.00 bits per heavy atom. The number of nitrogens with one attached hydrogen (secondary N) is 2. The Kier molecular flexibility index (Phi) is 5.41. The zero-order chi connectivity index (χ0) is 17.1. The number of hydrogen-bond donors (Lipinski definition) is 3. The number of rotatable bonds is 5. The molecule has 0 radical (unpaired) electrons. The molecule has 1 aliphatic heterocycles. The van der Waals surface area contributed by atoms with Crippen LogP contribution < -0.4 is 15.8 Å². The second-order valence-electron chi connectivity index (χ2n) is 5.74. The van der Waals surface area contributed by atoms with Crippen molar-refractivity contribution in [3.05, 3.63) is 23.8 Å². The number of carbonyl (C=O) groups excluding carboxylic acids is 1. The van der Waals surface area contributed by atoms with E-state index in [1.165, 1.54) is 13.1 Å². The topological polar surface area (TPSA) is 111 Å². The number of ether oxygens (including phenoxy) is 1. The van der Waals surface area contributed by atoms with Gasteiger partial charge in [-0.25, -0.2) is 13.1 Å². The third kappa shape index (κ3) is 3.72. The molecule has 1 aromatic rings. The predicted octanol–water partition coefficient (Wildman–Crippen LogP) is 0.597. The number of sulfonamides is 1. The molecule has 0 bridgehead atoms. The van der Waals surface area contributed by atoms with Gasteiger partial charge in [0.1, 0.15) is 0 Å². The Labute approximate surface area is 136 Å². The minimum atomic E-state index is -3.58. The van der Waals surface area contributed by atoms with Crippen LogP contribution in [0, 0.1) is 12.3 Å². The summed E-state index contributed by atoms with van der Waals surface area (Å²) in [6, 6.07) is 4.81. The highest BCUT2D eigenvalue weighted by atomic mass is 32.2. The Bertz CT molecular complexity index is 682. The summed E-state index contributed by atoms with van der Waals surface area (Å²) in [6.07, 6.45) is 1.12. The van der Waals surface area contributed by atoms with Crippen LogP contribution in [0.15, 0.2) is 23.1 Å². The highest BCUT2D eigenvalue weighted by molar-refractivity contribution is 7.89. The van der Waals surface area contributed by atoms with Gasteiger partial charge in [0.05, 0.1) is 10.3 Å². The van der Waals surface area contributed by atoms with Crippen molar-refractivity contribution < 1.29 is 17.9 Å². The van der Waals surface area contributed by atoms with Gasteiger partial charge in [-0.15, -0.1) is 0 Å². The molecule has 2 rings (SSSR count). The molecule has 128 valence electrons. The Hall–Kier alpha value is -1.48. The lowest BCUT2D eigenvalue weighted by Crippen LogP contribution is -2.46. The van der Waals surface area contributed by atoms with Crippen LogP contribution >= 0.6 is 0 Å².